The number of fused-ring (bicyclic) bond motifs is 2. The maximum atomic E-state index is 13.0. The van der Waals surface area contributed by atoms with E-state index in [0.29, 0.717) is 57.3 Å². The summed E-state index contributed by atoms with van der Waals surface area (Å²) in [5, 5.41) is 4.54. The Balaban J connectivity index is 1.12. The maximum Gasteiger partial charge on any atom is 0.573 e. The van der Waals surface area contributed by atoms with E-state index in [1.807, 2.05) is 15.6 Å². The first kappa shape index (κ1) is 24.5. The van der Waals surface area contributed by atoms with E-state index in [9.17, 15) is 22.8 Å². The topological polar surface area (TPSA) is 104 Å². The van der Waals surface area contributed by atoms with Gasteiger partial charge in [-0.05, 0) is 36.6 Å². The fraction of sp³-hybridized carbons (Fsp3) is 0.522. The molecule has 2 saturated heterocycles. The van der Waals surface area contributed by atoms with Crippen LogP contribution in [0.3, 0.4) is 0 Å². The Morgan fingerprint density at radius 2 is 1.81 bits per heavy atom. The summed E-state index contributed by atoms with van der Waals surface area (Å²) in [6, 6.07) is 7.85. The maximum absolute atomic E-state index is 13.0. The van der Waals surface area contributed by atoms with Crippen LogP contribution in [0.4, 0.5) is 13.2 Å². The number of hydrazine groups is 2. The normalized spacial score (nSPS) is 22.1. The second kappa shape index (κ2) is 10.1. The van der Waals surface area contributed by atoms with E-state index < -0.39 is 6.36 Å². The first-order valence-electron chi connectivity index (χ1n) is 12.0. The van der Waals surface area contributed by atoms with Gasteiger partial charge in [-0.2, -0.15) is 10.6 Å². The number of halogens is 3. The number of carbonyl (C=O) groups excluding carboxylic acids is 2. The molecule has 0 saturated carbocycles. The van der Waals surface area contributed by atoms with Crippen molar-refractivity contribution in [1.29, 1.82) is 0 Å². The van der Waals surface area contributed by atoms with Crippen LogP contribution in [0.25, 0.3) is 0 Å². The lowest BCUT2D eigenvalue weighted by atomic mass is 10.0. The molecule has 2 atom stereocenters. The molecule has 2 unspecified atom stereocenters. The highest BCUT2D eigenvalue weighted by Crippen LogP contribution is 2.23. The third-order valence-electron chi connectivity index (χ3n) is 6.85. The minimum atomic E-state index is -4.73. The van der Waals surface area contributed by atoms with Crippen LogP contribution in [0.2, 0.25) is 0 Å². The molecule has 3 aliphatic rings. The largest absolute Gasteiger partial charge is 0.573 e. The number of likely N-dealkylation sites (tertiary alicyclic amines) is 1. The zero-order valence-corrected chi connectivity index (χ0v) is 19.6. The summed E-state index contributed by atoms with van der Waals surface area (Å²) >= 11 is 0. The van der Waals surface area contributed by atoms with Gasteiger partial charge in [-0.1, -0.05) is 12.1 Å². The van der Waals surface area contributed by atoms with Crippen molar-refractivity contribution in [3.05, 3.63) is 47.3 Å². The van der Waals surface area contributed by atoms with Crippen LogP contribution in [-0.2, 0) is 24.2 Å². The lowest BCUT2D eigenvalue weighted by Gasteiger charge is -2.33. The van der Waals surface area contributed by atoms with Crippen molar-refractivity contribution in [2.24, 2.45) is 0 Å². The number of aryl methyl sites for hydroxylation is 1. The van der Waals surface area contributed by atoms with Crippen molar-refractivity contribution in [2.45, 2.75) is 50.7 Å². The molecule has 5 rings (SSSR count). The predicted octanol–water partition coefficient (Wildman–Crippen LogP) is 0.995. The van der Waals surface area contributed by atoms with Gasteiger partial charge in [0.1, 0.15) is 5.75 Å². The number of hydrogen-bond donors (Lipinski definition) is 3. The van der Waals surface area contributed by atoms with E-state index in [2.05, 4.69) is 26.2 Å². The molecule has 13 heteroatoms. The molecule has 4 heterocycles. The Kier molecular flexibility index (Phi) is 6.86. The van der Waals surface area contributed by atoms with E-state index in [4.69, 9.17) is 0 Å². The second-order valence-corrected chi connectivity index (χ2v) is 9.23. The molecular formula is C23H28F3N7O3. The van der Waals surface area contributed by atoms with E-state index in [-0.39, 0.29) is 30.0 Å². The molecule has 10 nitrogen and oxygen atoms in total. The molecule has 0 radical (unpaired) electrons. The van der Waals surface area contributed by atoms with Crippen molar-refractivity contribution >= 4 is 11.8 Å². The van der Waals surface area contributed by atoms with Gasteiger partial charge < -0.3 is 14.5 Å². The summed E-state index contributed by atoms with van der Waals surface area (Å²) < 4.78 is 42.6. The third kappa shape index (κ3) is 5.63. The summed E-state index contributed by atoms with van der Waals surface area (Å²) in [5.74, 6) is -0.393. The van der Waals surface area contributed by atoms with Gasteiger partial charge in [-0.25, -0.2) is 10.9 Å². The molecule has 1 aromatic heterocycles. The molecule has 2 aromatic rings. The number of ether oxygens (including phenoxy) is 1. The highest BCUT2D eigenvalue weighted by atomic mass is 19.4. The molecule has 36 heavy (non-hydrogen) atoms. The number of piperidine rings is 1. The van der Waals surface area contributed by atoms with Crippen molar-refractivity contribution in [1.82, 2.24) is 36.0 Å². The zero-order chi connectivity index (χ0) is 25.3. The number of aromatic nitrogens is 2. The number of nitrogens with one attached hydrogen (secondary N) is 3. The smallest absolute Gasteiger partial charge is 0.406 e. The van der Waals surface area contributed by atoms with E-state index in [0.717, 1.165) is 17.7 Å². The number of amides is 2. The van der Waals surface area contributed by atoms with Gasteiger partial charge in [-0.15, -0.1) is 13.2 Å². The Labute approximate surface area is 205 Å². The second-order valence-electron chi connectivity index (χ2n) is 9.23. The Bertz CT molecular complexity index is 1080. The summed E-state index contributed by atoms with van der Waals surface area (Å²) in [7, 11) is 0. The first-order chi connectivity index (χ1) is 17.2. The molecule has 3 aliphatic heterocycles. The molecule has 2 fully saturated rings. The minimum Gasteiger partial charge on any atom is -0.406 e. The van der Waals surface area contributed by atoms with Crippen LogP contribution in [0.1, 0.15) is 34.6 Å². The lowest BCUT2D eigenvalue weighted by Crippen LogP contribution is -2.52. The zero-order valence-electron chi connectivity index (χ0n) is 19.6. The van der Waals surface area contributed by atoms with Crippen LogP contribution in [0.5, 0.6) is 5.75 Å². The van der Waals surface area contributed by atoms with Gasteiger partial charge in [-0.3, -0.25) is 14.3 Å². The monoisotopic (exact) mass is 507 g/mol. The molecule has 0 bridgehead atoms. The van der Waals surface area contributed by atoms with Gasteiger partial charge in [0.2, 0.25) is 5.91 Å². The summed E-state index contributed by atoms with van der Waals surface area (Å²) in [6.45, 7) is 2.77. The number of hydrogen-bond acceptors (Lipinski definition) is 7. The standard InChI is InChI=1S/C23H28F3N7O3/c24-23(25,26)36-17-4-1-15(2-5-17)3-6-21(34)31-9-7-16-13-19(29-33(16)12-11-31)22(35)32-10-8-18-20(14-32)28-30-27-18/h1-2,4-5,13,18,20,27-28,30H,3,6-12,14H2. The SMILES string of the molecule is O=C(CCc1ccc(OC(F)(F)F)cc1)N1CCc2cc(C(=O)N3CCC4NNNC4C3)nn2CC1. The van der Waals surface area contributed by atoms with Crippen LogP contribution in [-0.4, -0.2) is 76.0 Å². The van der Waals surface area contributed by atoms with Crippen molar-refractivity contribution in [2.75, 3.05) is 26.2 Å². The molecular weight excluding hydrogens is 479 g/mol. The van der Waals surface area contributed by atoms with Crippen LogP contribution >= 0.6 is 0 Å². The number of benzene rings is 1. The van der Waals surface area contributed by atoms with Gasteiger partial charge in [0.15, 0.2) is 5.69 Å². The van der Waals surface area contributed by atoms with Crippen molar-refractivity contribution in [3.63, 3.8) is 0 Å². The molecule has 0 aliphatic carbocycles. The minimum absolute atomic E-state index is 0.0261. The van der Waals surface area contributed by atoms with Crippen molar-refractivity contribution in [3.8, 4) is 5.75 Å². The predicted molar refractivity (Wildman–Crippen MR) is 121 cm³/mol. The van der Waals surface area contributed by atoms with Gasteiger partial charge in [0, 0.05) is 50.8 Å². The summed E-state index contributed by atoms with van der Waals surface area (Å²) in [4.78, 5) is 29.4. The number of carbonyl (C=O) groups is 2. The molecule has 194 valence electrons. The Hall–Kier alpha value is -3.16. The van der Waals surface area contributed by atoms with Gasteiger partial charge >= 0.3 is 6.36 Å². The fourth-order valence-corrected chi connectivity index (χ4v) is 4.89. The van der Waals surface area contributed by atoms with Crippen molar-refractivity contribution < 1.29 is 27.5 Å². The van der Waals surface area contributed by atoms with Gasteiger partial charge in [0.25, 0.3) is 5.91 Å². The Morgan fingerprint density at radius 1 is 1.03 bits per heavy atom. The Morgan fingerprint density at radius 3 is 2.58 bits per heavy atom. The van der Waals surface area contributed by atoms with Gasteiger partial charge in [0.05, 0.1) is 12.6 Å². The number of nitrogens with zero attached hydrogens (tertiary/aromatic N) is 4. The first-order valence-corrected chi connectivity index (χ1v) is 12.0. The average molecular weight is 508 g/mol. The molecule has 0 spiro atoms. The van der Waals surface area contributed by atoms with Crippen LogP contribution < -0.4 is 21.1 Å². The lowest BCUT2D eigenvalue weighted by molar-refractivity contribution is -0.274. The van der Waals surface area contributed by atoms with Crippen LogP contribution in [0.15, 0.2) is 30.3 Å². The highest BCUT2D eigenvalue weighted by Gasteiger charge is 2.35. The third-order valence-corrected chi connectivity index (χ3v) is 6.85. The number of rotatable bonds is 5. The van der Waals surface area contributed by atoms with E-state index in [1.54, 1.807) is 4.90 Å². The van der Waals surface area contributed by atoms with E-state index in [1.165, 1.54) is 24.3 Å². The molecule has 1 aromatic carbocycles. The summed E-state index contributed by atoms with van der Waals surface area (Å²) in [5.41, 5.74) is 11.3. The highest BCUT2D eigenvalue weighted by molar-refractivity contribution is 5.92. The number of alkyl halides is 3. The molecule has 3 N–H and O–H groups in total. The summed E-state index contributed by atoms with van der Waals surface area (Å²) in [6.07, 6.45) is -2.61. The van der Waals surface area contributed by atoms with Crippen LogP contribution in [0, 0.1) is 0 Å². The average Bonchev–Trinajstić information content (AvgIpc) is 3.44. The fourth-order valence-electron chi connectivity index (χ4n) is 4.89. The molecule has 2 amide bonds. The van der Waals surface area contributed by atoms with E-state index >= 15 is 0 Å². The quantitative estimate of drug-likeness (QED) is 0.555.